The average molecular weight is 403 g/mol. The molecule has 0 radical (unpaired) electrons. The van der Waals surface area contributed by atoms with Gasteiger partial charge in [0, 0.05) is 40.2 Å². The van der Waals surface area contributed by atoms with Crippen molar-refractivity contribution in [2.24, 2.45) is 4.99 Å². The summed E-state index contributed by atoms with van der Waals surface area (Å²) in [7, 11) is 0. The summed E-state index contributed by atoms with van der Waals surface area (Å²) in [5.74, 6) is -0.835. The number of aliphatic imine (C=N–C) groups is 1. The van der Waals surface area contributed by atoms with Gasteiger partial charge < -0.3 is 14.6 Å². The fraction of sp³-hybridized carbons (Fsp3) is 0. The summed E-state index contributed by atoms with van der Waals surface area (Å²) in [6.45, 7) is 0. The van der Waals surface area contributed by atoms with Crippen LogP contribution in [0.1, 0.15) is 10.4 Å². The van der Waals surface area contributed by atoms with Crippen molar-refractivity contribution in [1.29, 1.82) is 0 Å². The van der Waals surface area contributed by atoms with E-state index in [9.17, 15) is 19.8 Å². The monoisotopic (exact) mass is 403 g/mol. The fourth-order valence-electron chi connectivity index (χ4n) is 3.27. The Balaban J connectivity index is 2.12. The van der Waals surface area contributed by atoms with Gasteiger partial charge in [-0.15, -0.1) is 0 Å². The van der Waals surface area contributed by atoms with Crippen LogP contribution in [-0.4, -0.2) is 27.8 Å². The summed E-state index contributed by atoms with van der Waals surface area (Å²) in [6.07, 6.45) is 1.40. The molecule has 2 aliphatic rings. The zero-order valence-corrected chi connectivity index (χ0v) is 15.6. The number of nitrogens with zero attached hydrogens (tertiary/aromatic N) is 1. The molecule has 2 aromatic carbocycles. The number of aromatic carboxylic acids is 1. The van der Waals surface area contributed by atoms with Crippen LogP contribution in [0.15, 0.2) is 68.8 Å². The normalized spacial score (nSPS) is 11.3. The van der Waals surface area contributed by atoms with E-state index in [0.717, 1.165) is 0 Å². The van der Waals surface area contributed by atoms with E-state index in [1.165, 1.54) is 41.9 Å². The molecule has 142 valence electrons. The van der Waals surface area contributed by atoms with E-state index in [-0.39, 0.29) is 16.7 Å². The number of aromatic hydroxyl groups is 1. The van der Waals surface area contributed by atoms with Gasteiger partial charge >= 0.3 is 5.97 Å². The SMILES string of the molecule is O=C(O)c1cc(N=CC=S)ccc1-c1c2ccc(=O)cc-2oc2cc(O)ccc12. The van der Waals surface area contributed by atoms with Crippen molar-refractivity contribution in [3.05, 3.63) is 70.4 Å². The molecule has 0 unspecified atom stereocenters. The highest BCUT2D eigenvalue weighted by atomic mass is 32.1. The molecule has 2 N–H and O–H groups in total. The molecular weight excluding hydrogens is 390 g/mol. The maximum absolute atomic E-state index is 12.0. The van der Waals surface area contributed by atoms with Crippen molar-refractivity contribution < 1.29 is 19.4 Å². The Morgan fingerprint density at radius 3 is 2.59 bits per heavy atom. The standard InChI is InChI=1S/C22H13NO5S/c24-13-2-5-16-19(10-13)28-20-11-14(25)3-6-17(20)21(16)15-4-1-12(23-7-8-29)9-18(15)22(26)27/h1-11,24H,(H,26,27). The molecule has 0 atom stereocenters. The van der Waals surface area contributed by atoms with Crippen molar-refractivity contribution in [3.8, 4) is 28.2 Å². The van der Waals surface area contributed by atoms with Crippen molar-refractivity contribution in [3.63, 3.8) is 0 Å². The first-order chi connectivity index (χ1) is 14.0. The van der Waals surface area contributed by atoms with E-state index < -0.39 is 5.97 Å². The summed E-state index contributed by atoms with van der Waals surface area (Å²) in [6, 6.07) is 13.7. The minimum Gasteiger partial charge on any atom is -0.508 e. The number of phenolic OH excluding ortho intramolecular Hbond substituents is 1. The number of benzene rings is 3. The third kappa shape index (κ3) is 3.39. The van der Waals surface area contributed by atoms with E-state index in [1.54, 1.807) is 24.3 Å². The molecule has 1 aliphatic heterocycles. The van der Waals surface area contributed by atoms with Gasteiger partial charge in [-0.3, -0.25) is 9.79 Å². The number of hydrogen-bond donors (Lipinski definition) is 2. The maximum Gasteiger partial charge on any atom is 0.336 e. The Kier molecular flexibility index (Phi) is 4.66. The van der Waals surface area contributed by atoms with Gasteiger partial charge in [-0.1, -0.05) is 18.3 Å². The van der Waals surface area contributed by atoms with E-state index in [1.807, 2.05) is 0 Å². The van der Waals surface area contributed by atoms with Crippen LogP contribution in [0.5, 0.6) is 5.75 Å². The molecule has 0 bridgehead atoms. The fourth-order valence-corrected chi connectivity index (χ4v) is 3.33. The lowest BCUT2D eigenvalue weighted by Gasteiger charge is -2.17. The molecule has 29 heavy (non-hydrogen) atoms. The summed E-state index contributed by atoms with van der Waals surface area (Å²) in [5.41, 5.74) is 2.18. The number of fused-ring (bicyclic) bond motifs is 2. The number of phenols is 1. The molecule has 0 saturated heterocycles. The van der Waals surface area contributed by atoms with E-state index in [4.69, 9.17) is 16.6 Å². The lowest BCUT2D eigenvalue weighted by molar-refractivity contribution is 0.0697. The van der Waals surface area contributed by atoms with Gasteiger partial charge in [0.2, 0.25) is 0 Å². The number of carboxylic acid groups (broad SMARTS) is 1. The first-order valence-corrected chi connectivity index (χ1v) is 9.00. The number of carbonyl (C=O) groups is 1. The number of carboxylic acids is 1. The molecule has 2 aromatic rings. The minimum atomic E-state index is -1.12. The quantitative estimate of drug-likeness (QED) is 0.292. The van der Waals surface area contributed by atoms with Gasteiger partial charge in [0.05, 0.1) is 11.3 Å². The number of rotatable bonds is 4. The highest BCUT2D eigenvalue weighted by Crippen LogP contribution is 2.42. The lowest BCUT2D eigenvalue weighted by Crippen LogP contribution is -2.03. The van der Waals surface area contributed by atoms with Gasteiger partial charge in [0.1, 0.15) is 17.1 Å². The van der Waals surface area contributed by atoms with Crippen LogP contribution in [0.4, 0.5) is 5.69 Å². The third-order valence-electron chi connectivity index (χ3n) is 4.46. The van der Waals surface area contributed by atoms with Crippen LogP contribution in [0, 0.1) is 0 Å². The Bertz CT molecular complexity index is 1340. The zero-order chi connectivity index (χ0) is 20.5. The first-order valence-electron chi connectivity index (χ1n) is 8.53. The van der Waals surface area contributed by atoms with Crippen LogP contribution in [0.25, 0.3) is 33.4 Å². The van der Waals surface area contributed by atoms with Gasteiger partial charge in [-0.2, -0.15) is 0 Å². The lowest BCUT2D eigenvalue weighted by atomic mass is 9.90. The highest BCUT2D eigenvalue weighted by Gasteiger charge is 2.22. The van der Waals surface area contributed by atoms with Gasteiger partial charge in [0.15, 0.2) is 5.43 Å². The van der Waals surface area contributed by atoms with Crippen molar-refractivity contribution >= 4 is 46.4 Å². The summed E-state index contributed by atoms with van der Waals surface area (Å²) < 4.78 is 5.80. The van der Waals surface area contributed by atoms with Crippen LogP contribution in [-0.2, 0) is 0 Å². The highest BCUT2D eigenvalue weighted by molar-refractivity contribution is 7.80. The molecule has 7 heteroatoms. The third-order valence-corrected chi connectivity index (χ3v) is 4.59. The zero-order valence-electron chi connectivity index (χ0n) is 14.8. The van der Waals surface area contributed by atoms with Crippen LogP contribution < -0.4 is 5.43 Å². The molecule has 1 heterocycles. The number of hydrogen-bond acceptors (Lipinski definition) is 6. The van der Waals surface area contributed by atoms with Crippen LogP contribution in [0.2, 0.25) is 0 Å². The summed E-state index contributed by atoms with van der Waals surface area (Å²) in [5, 5.41) is 21.6. The molecule has 1 aliphatic carbocycles. The van der Waals surface area contributed by atoms with Crippen molar-refractivity contribution in [2.75, 3.05) is 0 Å². The molecule has 0 spiro atoms. The van der Waals surface area contributed by atoms with Gasteiger partial charge in [-0.05, 0) is 42.0 Å². The minimum absolute atomic E-state index is 0.00636. The van der Waals surface area contributed by atoms with Crippen LogP contribution >= 0.6 is 12.2 Å². The predicted octanol–water partition coefficient (Wildman–Crippen LogP) is 4.67. The van der Waals surface area contributed by atoms with E-state index >= 15 is 0 Å². The van der Waals surface area contributed by atoms with Crippen molar-refractivity contribution in [1.82, 2.24) is 0 Å². The second kappa shape index (κ2) is 7.29. The molecule has 0 fully saturated rings. The average Bonchev–Trinajstić information content (AvgIpc) is 2.70. The second-order valence-corrected chi connectivity index (χ2v) is 6.54. The topological polar surface area (TPSA) is 100 Å². The molecule has 0 saturated carbocycles. The van der Waals surface area contributed by atoms with E-state index in [0.29, 0.717) is 39.1 Å². The van der Waals surface area contributed by atoms with Crippen LogP contribution in [0.3, 0.4) is 0 Å². The predicted molar refractivity (Wildman–Crippen MR) is 115 cm³/mol. The second-order valence-electron chi connectivity index (χ2n) is 6.26. The summed E-state index contributed by atoms with van der Waals surface area (Å²) in [4.78, 5) is 27.9. The molecule has 4 rings (SSSR count). The van der Waals surface area contributed by atoms with Gasteiger partial charge in [0.25, 0.3) is 0 Å². The smallest absolute Gasteiger partial charge is 0.336 e. The first kappa shape index (κ1) is 18.5. The Hall–Kier alpha value is -3.84. The molecule has 0 aromatic heterocycles. The summed E-state index contributed by atoms with van der Waals surface area (Å²) >= 11 is 4.72. The van der Waals surface area contributed by atoms with E-state index in [2.05, 4.69) is 4.99 Å². The molecular formula is C22H13NO5S. The maximum atomic E-state index is 12.0. The largest absolute Gasteiger partial charge is 0.508 e. The Morgan fingerprint density at radius 2 is 1.83 bits per heavy atom. The Labute approximate surface area is 169 Å². The molecule has 6 nitrogen and oxygen atoms in total. The number of thiocarbonyl (C=S) groups is 1. The van der Waals surface area contributed by atoms with Crippen molar-refractivity contribution in [2.45, 2.75) is 0 Å². The Morgan fingerprint density at radius 1 is 1.03 bits per heavy atom. The van der Waals surface area contributed by atoms with Gasteiger partial charge in [-0.25, -0.2) is 4.79 Å². The molecule has 0 amide bonds.